The second kappa shape index (κ2) is 6.79. The number of rotatable bonds is 3. The summed E-state index contributed by atoms with van der Waals surface area (Å²) in [4.78, 5) is 50.6. The highest BCUT2D eigenvalue weighted by atomic mass is 16.5. The average Bonchev–Trinajstić information content (AvgIpc) is 3.28. The van der Waals surface area contributed by atoms with Gasteiger partial charge in [-0.15, -0.1) is 0 Å². The first-order chi connectivity index (χ1) is 14.5. The number of carbonyl (C=O) groups is 4. The topological polar surface area (TPSA) is 92.8 Å². The first-order valence-electron chi connectivity index (χ1n) is 9.99. The van der Waals surface area contributed by atoms with Gasteiger partial charge in [0, 0.05) is 24.9 Å². The predicted molar refractivity (Wildman–Crippen MR) is 107 cm³/mol. The number of methoxy groups -OCH3 is 1. The summed E-state index contributed by atoms with van der Waals surface area (Å²) in [6, 6.07) is 8.78. The van der Waals surface area contributed by atoms with E-state index in [1.165, 1.54) is 4.90 Å². The standard InChI is InChI=1S/C23H20N2O5/c1-30-19-8-5-14(15-4-7-18(26)21(15)19)12-2-3-13-11-25(23(29)16(13)10-12)17-6-9-20(27)24-22(17)28/h2-3,5,8,10,17H,4,6-7,9,11H2,1H3,(H,24,27,28). The molecule has 0 spiro atoms. The lowest BCUT2D eigenvalue weighted by Crippen LogP contribution is -2.52. The van der Waals surface area contributed by atoms with Crippen molar-refractivity contribution in [1.29, 1.82) is 0 Å². The Balaban J connectivity index is 1.50. The minimum atomic E-state index is -0.631. The molecule has 0 saturated carbocycles. The SMILES string of the molecule is COc1ccc(-c2ccc3c(c2)C(=O)N(C2CCC(=O)NC2=O)C3)c2c1C(=O)CC2. The second-order valence-corrected chi connectivity index (χ2v) is 7.86. The Morgan fingerprint density at radius 1 is 1.00 bits per heavy atom. The van der Waals surface area contributed by atoms with E-state index in [0.29, 0.717) is 42.7 Å². The van der Waals surface area contributed by atoms with Crippen molar-refractivity contribution < 1.29 is 23.9 Å². The Morgan fingerprint density at radius 3 is 2.60 bits per heavy atom. The zero-order valence-electron chi connectivity index (χ0n) is 16.5. The molecule has 0 aromatic heterocycles. The van der Waals surface area contributed by atoms with Crippen LogP contribution in [0.15, 0.2) is 30.3 Å². The van der Waals surface area contributed by atoms with Crippen molar-refractivity contribution >= 4 is 23.5 Å². The summed E-state index contributed by atoms with van der Waals surface area (Å²) in [6.07, 6.45) is 1.67. The highest BCUT2D eigenvalue weighted by Gasteiger charge is 2.39. The predicted octanol–water partition coefficient (Wildman–Crippen LogP) is 2.25. The zero-order valence-corrected chi connectivity index (χ0v) is 16.5. The van der Waals surface area contributed by atoms with Gasteiger partial charge >= 0.3 is 0 Å². The third-order valence-corrected chi connectivity index (χ3v) is 6.21. The number of hydrogen-bond donors (Lipinski definition) is 1. The zero-order chi connectivity index (χ0) is 21.0. The third kappa shape index (κ3) is 2.73. The molecule has 1 saturated heterocycles. The van der Waals surface area contributed by atoms with Gasteiger partial charge in [0.2, 0.25) is 11.8 Å². The lowest BCUT2D eigenvalue weighted by atomic mass is 9.94. The Kier molecular flexibility index (Phi) is 4.20. The summed E-state index contributed by atoms with van der Waals surface area (Å²) in [7, 11) is 1.55. The van der Waals surface area contributed by atoms with Crippen molar-refractivity contribution in [2.24, 2.45) is 0 Å². The molecule has 30 heavy (non-hydrogen) atoms. The number of nitrogens with zero attached hydrogens (tertiary/aromatic N) is 1. The fraction of sp³-hybridized carbons (Fsp3) is 0.304. The summed E-state index contributed by atoms with van der Waals surface area (Å²) in [6.45, 7) is 0.347. The van der Waals surface area contributed by atoms with Gasteiger partial charge in [0.05, 0.1) is 12.7 Å². The molecule has 2 aliphatic heterocycles. The summed E-state index contributed by atoms with van der Waals surface area (Å²) in [5.41, 5.74) is 4.78. The number of carbonyl (C=O) groups excluding carboxylic acids is 4. The summed E-state index contributed by atoms with van der Waals surface area (Å²) in [5, 5.41) is 2.32. The Hall–Kier alpha value is -3.48. The van der Waals surface area contributed by atoms with Gasteiger partial charge in [-0.2, -0.15) is 0 Å². The van der Waals surface area contributed by atoms with Crippen molar-refractivity contribution in [3.63, 3.8) is 0 Å². The van der Waals surface area contributed by atoms with E-state index in [2.05, 4.69) is 5.32 Å². The van der Waals surface area contributed by atoms with Gasteiger partial charge in [-0.25, -0.2) is 0 Å². The number of nitrogens with one attached hydrogen (secondary N) is 1. The third-order valence-electron chi connectivity index (χ3n) is 6.21. The largest absolute Gasteiger partial charge is 0.496 e. The smallest absolute Gasteiger partial charge is 0.255 e. The number of ether oxygens (including phenoxy) is 1. The average molecular weight is 404 g/mol. The number of imide groups is 1. The van der Waals surface area contributed by atoms with E-state index < -0.39 is 11.9 Å². The molecule has 0 bridgehead atoms. The molecule has 1 unspecified atom stereocenters. The monoisotopic (exact) mass is 404 g/mol. The van der Waals surface area contributed by atoms with E-state index in [4.69, 9.17) is 4.74 Å². The first kappa shape index (κ1) is 18.5. The number of amides is 3. The highest BCUT2D eigenvalue weighted by Crippen LogP contribution is 2.39. The van der Waals surface area contributed by atoms with E-state index >= 15 is 0 Å². The van der Waals surface area contributed by atoms with Gasteiger partial charge in [-0.1, -0.05) is 18.2 Å². The second-order valence-electron chi connectivity index (χ2n) is 7.86. The summed E-state index contributed by atoms with van der Waals surface area (Å²) in [5.74, 6) is -0.269. The minimum absolute atomic E-state index is 0.0740. The van der Waals surface area contributed by atoms with Gasteiger partial charge in [-0.3, -0.25) is 24.5 Å². The molecule has 0 radical (unpaired) electrons. The number of ketones is 1. The molecule has 152 valence electrons. The molecule has 3 amide bonds. The van der Waals surface area contributed by atoms with Crippen LogP contribution < -0.4 is 10.1 Å². The van der Waals surface area contributed by atoms with Crippen LogP contribution in [0, 0.1) is 0 Å². The maximum atomic E-state index is 13.1. The molecule has 7 heteroatoms. The molecule has 5 rings (SSSR count). The molecule has 1 fully saturated rings. The number of piperidine rings is 1. The normalized spacial score (nSPS) is 20.3. The first-order valence-corrected chi connectivity index (χ1v) is 9.99. The Morgan fingerprint density at radius 2 is 1.83 bits per heavy atom. The van der Waals surface area contributed by atoms with E-state index in [1.54, 1.807) is 13.2 Å². The highest BCUT2D eigenvalue weighted by molar-refractivity contribution is 6.07. The lowest BCUT2D eigenvalue weighted by molar-refractivity contribution is -0.136. The molecule has 7 nitrogen and oxygen atoms in total. The van der Waals surface area contributed by atoms with Crippen LogP contribution in [-0.4, -0.2) is 41.6 Å². The quantitative estimate of drug-likeness (QED) is 0.792. The van der Waals surface area contributed by atoms with Crippen molar-refractivity contribution in [3.05, 3.63) is 52.6 Å². The van der Waals surface area contributed by atoms with E-state index in [9.17, 15) is 19.2 Å². The van der Waals surface area contributed by atoms with Crippen molar-refractivity contribution in [3.8, 4) is 16.9 Å². The van der Waals surface area contributed by atoms with Crippen molar-refractivity contribution in [2.45, 2.75) is 38.3 Å². The number of hydrogen-bond acceptors (Lipinski definition) is 5. The molecule has 1 atom stereocenters. The number of Topliss-reactive ketones (excluding diaryl/α,β-unsaturated/α-hetero) is 1. The molecule has 2 heterocycles. The Bertz CT molecular complexity index is 1140. The van der Waals surface area contributed by atoms with Gasteiger partial charge in [0.25, 0.3) is 5.91 Å². The maximum Gasteiger partial charge on any atom is 0.255 e. The van der Waals surface area contributed by atoms with Crippen LogP contribution in [0.3, 0.4) is 0 Å². The molecule has 2 aromatic rings. The number of fused-ring (bicyclic) bond motifs is 2. The van der Waals surface area contributed by atoms with Crippen molar-refractivity contribution in [1.82, 2.24) is 10.2 Å². The van der Waals surface area contributed by atoms with Crippen LogP contribution in [0.1, 0.15) is 51.1 Å². The molecule has 1 N–H and O–H groups in total. The lowest BCUT2D eigenvalue weighted by Gasteiger charge is -2.29. The molecular formula is C23H20N2O5. The van der Waals surface area contributed by atoms with E-state index in [1.807, 2.05) is 24.3 Å². The van der Waals surface area contributed by atoms with E-state index in [0.717, 1.165) is 22.3 Å². The Labute approximate surface area is 173 Å². The summed E-state index contributed by atoms with van der Waals surface area (Å²) >= 11 is 0. The van der Waals surface area contributed by atoms with Gasteiger partial charge < -0.3 is 9.64 Å². The fourth-order valence-corrected chi connectivity index (χ4v) is 4.72. The van der Waals surface area contributed by atoms with E-state index in [-0.39, 0.29) is 24.0 Å². The van der Waals surface area contributed by atoms with Gasteiger partial charge in [0.1, 0.15) is 11.8 Å². The van der Waals surface area contributed by atoms with Crippen molar-refractivity contribution in [2.75, 3.05) is 7.11 Å². The molecule has 1 aliphatic carbocycles. The fourth-order valence-electron chi connectivity index (χ4n) is 4.72. The van der Waals surface area contributed by atoms with Gasteiger partial charge in [0.15, 0.2) is 5.78 Å². The van der Waals surface area contributed by atoms with Crippen LogP contribution in [0.25, 0.3) is 11.1 Å². The molecular weight excluding hydrogens is 384 g/mol. The van der Waals surface area contributed by atoms with Crippen LogP contribution in [0.4, 0.5) is 0 Å². The molecule has 2 aromatic carbocycles. The van der Waals surface area contributed by atoms with Crippen LogP contribution in [0.2, 0.25) is 0 Å². The van der Waals surface area contributed by atoms with Crippen LogP contribution >= 0.6 is 0 Å². The summed E-state index contributed by atoms with van der Waals surface area (Å²) < 4.78 is 5.36. The van der Waals surface area contributed by atoms with Crippen LogP contribution in [-0.2, 0) is 22.6 Å². The number of benzene rings is 2. The molecule has 3 aliphatic rings. The minimum Gasteiger partial charge on any atom is -0.496 e. The van der Waals surface area contributed by atoms with Crippen LogP contribution in [0.5, 0.6) is 5.75 Å². The van der Waals surface area contributed by atoms with Gasteiger partial charge in [-0.05, 0) is 47.2 Å². The maximum absolute atomic E-state index is 13.1.